The minimum Gasteiger partial charge on any atom is -0.458 e. The van der Waals surface area contributed by atoms with Crippen molar-refractivity contribution in [3.05, 3.63) is 71.8 Å². The monoisotopic (exact) mass is 553 g/mol. The molecule has 0 aliphatic carbocycles. The van der Waals surface area contributed by atoms with Crippen LogP contribution in [0.3, 0.4) is 0 Å². The summed E-state index contributed by atoms with van der Waals surface area (Å²) in [5.74, 6) is -1.76. The summed E-state index contributed by atoms with van der Waals surface area (Å²) in [7, 11) is 0. The average molecular weight is 554 g/mol. The molecule has 3 N–H and O–H groups in total. The fourth-order valence-electron chi connectivity index (χ4n) is 3.63. The minimum absolute atomic E-state index is 0.0430. The number of amides is 3. The number of hydrogen-bond acceptors (Lipinski definition) is 6. The molecular weight excluding hydrogens is 510 g/mol. The lowest BCUT2D eigenvalue weighted by Gasteiger charge is -2.37. The second-order valence-corrected chi connectivity index (χ2v) is 12.2. The summed E-state index contributed by atoms with van der Waals surface area (Å²) in [4.78, 5) is 52.4. The van der Waals surface area contributed by atoms with Gasteiger partial charge in [0, 0.05) is 0 Å². The predicted molar refractivity (Wildman–Crippen MR) is 153 cm³/mol. The van der Waals surface area contributed by atoms with Crippen LogP contribution in [0.2, 0.25) is 0 Å². The third kappa shape index (κ3) is 10.0. The Morgan fingerprint density at radius 1 is 0.650 bits per heavy atom. The van der Waals surface area contributed by atoms with Crippen molar-refractivity contribution in [2.45, 2.75) is 97.1 Å². The van der Waals surface area contributed by atoms with E-state index in [1.165, 1.54) is 13.8 Å². The Morgan fingerprint density at radius 2 is 1.18 bits per heavy atom. The molecule has 0 aliphatic rings. The SMILES string of the molecule is CC(C)(C)OC(=O)C(C)(C)NC(=O)[C@@](C)(CCc1ccccc1)NC(=O)C(C)(C)NC(=O)OCc1ccccc1. The largest absolute Gasteiger partial charge is 0.458 e. The fourth-order valence-corrected chi connectivity index (χ4v) is 3.63. The number of aryl methyl sites for hydroxylation is 1. The molecule has 0 aromatic heterocycles. The van der Waals surface area contributed by atoms with E-state index < -0.39 is 46.1 Å². The van der Waals surface area contributed by atoms with E-state index in [0.29, 0.717) is 6.42 Å². The van der Waals surface area contributed by atoms with Crippen molar-refractivity contribution in [3.63, 3.8) is 0 Å². The molecular formula is C31H43N3O6. The molecule has 9 nitrogen and oxygen atoms in total. The zero-order chi connectivity index (χ0) is 30.2. The third-order valence-electron chi connectivity index (χ3n) is 6.18. The molecule has 0 saturated carbocycles. The summed E-state index contributed by atoms with van der Waals surface area (Å²) >= 11 is 0. The van der Waals surface area contributed by atoms with Crippen LogP contribution in [-0.4, -0.2) is 46.1 Å². The predicted octanol–water partition coefficient (Wildman–Crippen LogP) is 4.44. The molecule has 1 atom stereocenters. The quantitative estimate of drug-likeness (QED) is 0.354. The molecule has 0 aliphatic heterocycles. The maximum Gasteiger partial charge on any atom is 0.408 e. The second kappa shape index (κ2) is 13.0. The summed E-state index contributed by atoms with van der Waals surface area (Å²) in [5.41, 5.74) is -3.17. The molecule has 3 amide bonds. The van der Waals surface area contributed by atoms with E-state index in [9.17, 15) is 19.2 Å². The fraction of sp³-hybridized carbons (Fsp3) is 0.484. The number of nitrogens with one attached hydrogen (secondary N) is 3. The molecule has 0 unspecified atom stereocenters. The first-order valence-electron chi connectivity index (χ1n) is 13.3. The van der Waals surface area contributed by atoms with Crippen molar-refractivity contribution >= 4 is 23.9 Å². The summed E-state index contributed by atoms with van der Waals surface area (Å²) in [5, 5.41) is 8.15. The first-order valence-corrected chi connectivity index (χ1v) is 13.3. The maximum absolute atomic E-state index is 13.7. The van der Waals surface area contributed by atoms with Gasteiger partial charge < -0.3 is 25.4 Å². The van der Waals surface area contributed by atoms with E-state index in [4.69, 9.17) is 9.47 Å². The molecule has 2 aromatic carbocycles. The van der Waals surface area contributed by atoms with Crippen molar-refractivity contribution in [1.29, 1.82) is 0 Å². The summed E-state index contributed by atoms with van der Waals surface area (Å²) in [6.07, 6.45) is -0.0659. The van der Waals surface area contributed by atoms with Crippen LogP contribution in [-0.2, 0) is 36.9 Å². The molecule has 40 heavy (non-hydrogen) atoms. The number of carbonyl (C=O) groups excluding carboxylic acids is 4. The van der Waals surface area contributed by atoms with Crippen LogP contribution in [0.15, 0.2) is 60.7 Å². The summed E-state index contributed by atoms with van der Waals surface area (Å²) in [6.45, 7) is 13.0. The van der Waals surface area contributed by atoms with Gasteiger partial charge in [0.2, 0.25) is 11.8 Å². The van der Waals surface area contributed by atoms with E-state index in [-0.39, 0.29) is 13.0 Å². The van der Waals surface area contributed by atoms with Crippen molar-refractivity contribution in [2.75, 3.05) is 0 Å². The van der Waals surface area contributed by atoms with Gasteiger partial charge in [-0.1, -0.05) is 60.7 Å². The number of esters is 1. The van der Waals surface area contributed by atoms with Crippen LogP contribution in [0.5, 0.6) is 0 Å². The highest BCUT2D eigenvalue weighted by atomic mass is 16.6. The Balaban J connectivity index is 2.18. The van der Waals surface area contributed by atoms with E-state index in [1.54, 1.807) is 41.5 Å². The van der Waals surface area contributed by atoms with E-state index >= 15 is 0 Å². The van der Waals surface area contributed by atoms with Crippen molar-refractivity contribution in [1.82, 2.24) is 16.0 Å². The van der Waals surface area contributed by atoms with Gasteiger partial charge in [-0.2, -0.15) is 0 Å². The Morgan fingerprint density at radius 3 is 1.70 bits per heavy atom. The molecule has 0 spiro atoms. The second-order valence-electron chi connectivity index (χ2n) is 12.2. The third-order valence-corrected chi connectivity index (χ3v) is 6.18. The summed E-state index contributed by atoms with van der Waals surface area (Å²) in [6, 6.07) is 18.7. The first-order chi connectivity index (χ1) is 18.4. The van der Waals surface area contributed by atoms with Gasteiger partial charge in [0.15, 0.2) is 0 Å². The van der Waals surface area contributed by atoms with Gasteiger partial charge in [-0.3, -0.25) is 9.59 Å². The highest BCUT2D eigenvalue weighted by Crippen LogP contribution is 2.20. The van der Waals surface area contributed by atoms with E-state index in [1.807, 2.05) is 60.7 Å². The number of rotatable bonds is 11. The zero-order valence-corrected chi connectivity index (χ0v) is 24.8. The number of hydrogen-bond donors (Lipinski definition) is 3. The van der Waals surface area contributed by atoms with E-state index in [0.717, 1.165) is 11.1 Å². The number of alkyl carbamates (subject to hydrolysis) is 1. The molecule has 2 rings (SSSR count). The number of carbonyl (C=O) groups is 4. The Labute approximate surface area is 237 Å². The molecule has 0 saturated heterocycles. The Hall–Kier alpha value is -3.88. The topological polar surface area (TPSA) is 123 Å². The minimum atomic E-state index is -1.43. The van der Waals surface area contributed by atoms with Crippen molar-refractivity contribution in [2.24, 2.45) is 0 Å². The van der Waals surface area contributed by atoms with Gasteiger partial charge in [0.25, 0.3) is 0 Å². The average Bonchev–Trinajstić information content (AvgIpc) is 2.86. The molecule has 0 radical (unpaired) electrons. The van der Waals surface area contributed by atoms with Crippen molar-refractivity contribution < 1.29 is 28.7 Å². The van der Waals surface area contributed by atoms with Crippen LogP contribution in [0.25, 0.3) is 0 Å². The van der Waals surface area contributed by atoms with Crippen LogP contribution < -0.4 is 16.0 Å². The normalized spacial score (nSPS) is 13.4. The van der Waals surface area contributed by atoms with E-state index in [2.05, 4.69) is 16.0 Å². The van der Waals surface area contributed by atoms with Gasteiger partial charge in [-0.05, 0) is 79.4 Å². The van der Waals surface area contributed by atoms with Crippen LogP contribution >= 0.6 is 0 Å². The standard InChI is InChI=1S/C31H43N3O6/c1-28(2,3)40-26(37)30(6,7)32-25(36)31(8,20-19-22-15-11-9-12-16-22)33-24(35)29(4,5)34-27(38)39-21-23-17-13-10-14-18-23/h9-18H,19-21H2,1-8H3,(H,32,36)(H,33,35)(H,34,38)/t31-/m1/s1. The lowest BCUT2D eigenvalue weighted by molar-refractivity contribution is -0.163. The lowest BCUT2D eigenvalue weighted by Crippen LogP contribution is -2.66. The van der Waals surface area contributed by atoms with Gasteiger partial charge in [0.1, 0.15) is 28.8 Å². The summed E-state index contributed by atoms with van der Waals surface area (Å²) < 4.78 is 10.7. The molecule has 0 heterocycles. The van der Waals surface area contributed by atoms with Gasteiger partial charge >= 0.3 is 12.1 Å². The number of ether oxygens (including phenoxy) is 2. The smallest absolute Gasteiger partial charge is 0.408 e. The molecule has 2 aromatic rings. The Kier molecular flexibility index (Phi) is 10.5. The zero-order valence-electron chi connectivity index (χ0n) is 24.8. The molecule has 0 bridgehead atoms. The highest BCUT2D eigenvalue weighted by molar-refractivity contribution is 5.97. The van der Waals surface area contributed by atoms with Gasteiger partial charge in [-0.25, -0.2) is 9.59 Å². The first kappa shape index (κ1) is 32.3. The number of benzene rings is 2. The van der Waals surface area contributed by atoms with Crippen LogP contribution in [0.4, 0.5) is 4.79 Å². The van der Waals surface area contributed by atoms with Crippen LogP contribution in [0, 0.1) is 0 Å². The Bertz CT molecular complexity index is 1170. The van der Waals surface area contributed by atoms with Crippen molar-refractivity contribution in [3.8, 4) is 0 Å². The lowest BCUT2D eigenvalue weighted by atomic mass is 9.89. The molecule has 0 fully saturated rings. The van der Waals surface area contributed by atoms with Gasteiger partial charge in [-0.15, -0.1) is 0 Å². The molecule has 9 heteroatoms. The van der Waals surface area contributed by atoms with Gasteiger partial charge in [0.05, 0.1) is 0 Å². The van der Waals surface area contributed by atoms with Crippen LogP contribution in [0.1, 0.15) is 72.9 Å². The molecule has 218 valence electrons. The highest BCUT2D eigenvalue weighted by Gasteiger charge is 2.43. The maximum atomic E-state index is 13.7.